The number of halogens is 1. The van der Waals surface area contributed by atoms with Gasteiger partial charge in [-0.05, 0) is 49.8 Å². The molecule has 1 aromatic rings. The Kier molecular flexibility index (Phi) is 5.41. The van der Waals surface area contributed by atoms with Gasteiger partial charge in [0.25, 0.3) is 0 Å². The largest absolute Gasteiger partial charge is 0.369 e. The smallest absolute Gasteiger partial charge is 0.146 e. The Bertz CT molecular complexity index is 433. The average molecular weight is 278 g/mol. The maximum Gasteiger partial charge on any atom is 0.146 e. The lowest BCUT2D eigenvalue weighted by Gasteiger charge is -2.33. The zero-order valence-electron chi connectivity index (χ0n) is 13.0. The summed E-state index contributed by atoms with van der Waals surface area (Å²) in [5.74, 6) is 0.581. The number of rotatable bonds is 5. The van der Waals surface area contributed by atoms with Crippen LogP contribution in [0.3, 0.4) is 0 Å². The molecule has 20 heavy (non-hydrogen) atoms. The van der Waals surface area contributed by atoms with E-state index in [-0.39, 0.29) is 5.82 Å². The molecule has 0 amide bonds. The minimum absolute atomic E-state index is 0.0810. The summed E-state index contributed by atoms with van der Waals surface area (Å²) >= 11 is 0. The van der Waals surface area contributed by atoms with E-state index in [0.29, 0.717) is 12.0 Å². The van der Waals surface area contributed by atoms with Gasteiger partial charge in [-0.3, -0.25) is 0 Å². The fourth-order valence-corrected chi connectivity index (χ4v) is 2.76. The highest BCUT2D eigenvalue weighted by atomic mass is 19.1. The number of benzene rings is 1. The summed E-state index contributed by atoms with van der Waals surface area (Å²) in [5, 5.41) is 3.40. The van der Waals surface area contributed by atoms with Crippen LogP contribution in [0, 0.1) is 11.7 Å². The number of hydrogen-bond acceptors (Lipinski definition) is 2. The van der Waals surface area contributed by atoms with Crippen LogP contribution in [0.1, 0.15) is 45.6 Å². The van der Waals surface area contributed by atoms with Gasteiger partial charge in [0.15, 0.2) is 0 Å². The Hall–Kier alpha value is -1.09. The molecule has 2 nitrogen and oxygen atoms in total. The zero-order valence-corrected chi connectivity index (χ0v) is 13.0. The molecule has 1 fully saturated rings. The molecule has 1 aliphatic rings. The molecule has 0 radical (unpaired) electrons. The van der Waals surface area contributed by atoms with E-state index in [0.717, 1.165) is 43.7 Å². The fraction of sp³-hybridized carbons (Fsp3) is 0.647. The van der Waals surface area contributed by atoms with Crippen LogP contribution in [0.4, 0.5) is 10.1 Å². The predicted molar refractivity (Wildman–Crippen MR) is 83.6 cm³/mol. The van der Waals surface area contributed by atoms with Gasteiger partial charge in [0.1, 0.15) is 5.82 Å². The van der Waals surface area contributed by atoms with E-state index in [4.69, 9.17) is 0 Å². The van der Waals surface area contributed by atoms with Crippen LogP contribution in [0.25, 0.3) is 0 Å². The molecule has 2 rings (SSSR count). The van der Waals surface area contributed by atoms with Crippen molar-refractivity contribution in [3.05, 3.63) is 29.6 Å². The van der Waals surface area contributed by atoms with Crippen molar-refractivity contribution in [3.63, 3.8) is 0 Å². The molecular weight excluding hydrogens is 251 g/mol. The summed E-state index contributed by atoms with van der Waals surface area (Å²) in [7, 11) is 0. The summed E-state index contributed by atoms with van der Waals surface area (Å²) in [5.41, 5.74) is 1.79. The fourth-order valence-electron chi connectivity index (χ4n) is 2.76. The van der Waals surface area contributed by atoms with Crippen LogP contribution in [-0.2, 0) is 6.54 Å². The van der Waals surface area contributed by atoms with E-state index in [9.17, 15) is 4.39 Å². The quantitative estimate of drug-likeness (QED) is 0.877. The molecule has 1 aliphatic heterocycles. The van der Waals surface area contributed by atoms with E-state index in [2.05, 4.69) is 31.0 Å². The third kappa shape index (κ3) is 3.95. The van der Waals surface area contributed by atoms with Crippen LogP contribution in [0.15, 0.2) is 18.2 Å². The van der Waals surface area contributed by atoms with Crippen LogP contribution in [0.2, 0.25) is 0 Å². The maximum atomic E-state index is 14.3. The van der Waals surface area contributed by atoms with Crippen molar-refractivity contribution in [2.24, 2.45) is 5.92 Å². The molecule has 1 heterocycles. The number of nitrogens with one attached hydrogen (secondary N) is 1. The lowest BCUT2D eigenvalue weighted by Crippen LogP contribution is -2.34. The second kappa shape index (κ2) is 7.07. The maximum absolute atomic E-state index is 14.3. The first-order valence-electron chi connectivity index (χ1n) is 7.87. The van der Waals surface area contributed by atoms with Gasteiger partial charge in [-0.1, -0.05) is 19.9 Å². The van der Waals surface area contributed by atoms with Crippen molar-refractivity contribution in [1.82, 2.24) is 5.32 Å². The van der Waals surface area contributed by atoms with Gasteiger partial charge < -0.3 is 10.2 Å². The van der Waals surface area contributed by atoms with Gasteiger partial charge in [0.2, 0.25) is 0 Å². The standard InChI is InChI=1S/C17H27FN2/c1-4-14(3)19-11-15-7-8-17(16(18)10-15)20-9-5-6-13(2)12-20/h7-8,10,13-14,19H,4-6,9,11-12H2,1-3H3. The third-order valence-electron chi connectivity index (χ3n) is 4.28. The summed E-state index contributed by atoms with van der Waals surface area (Å²) in [6.07, 6.45) is 3.51. The monoisotopic (exact) mass is 278 g/mol. The lowest BCUT2D eigenvalue weighted by atomic mass is 9.99. The Morgan fingerprint density at radius 3 is 2.90 bits per heavy atom. The normalized spacial score (nSPS) is 21.0. The summed E-state index contributed by atoms with van der Waals surface area (Å²) in [4.78, 5) is 2.19. The number of nitrogens with zero attached hydrogens (tertiary/aromatic N) is 1. The number of hydrogen-bond donors (Lipinski definition) is 1. The minimum atomic E-state index is -0.0810. The molecule has 2 unspecified atom stereocenters. The Morgan fingerprint density at radius 2 is 2.25 bits per heavy atom. The molecule has 2 atom stereocenters. The van der Waals surface area contributed by atoms with Gasteiger partial charge in [0.05, 0.1) is 5.69 Å². The van der Waals surface area contributed by atoms with E-state index in [1.807, 2.05) is 12.1 Å². The number of anilines is 1. The van der Waals surface area contributed by atoms with Crippen molar-refractivity contribution in [2.75, 3.05) is 18.0 Å². The first-order valence-corrected chi connectivity index (χ1v) is 7.87. The first-order chi connectivity index (χ1) is 9.60. The van der Waals surface area contributed by atoms with Crippen molar-refractivity contribution < 1.29 is 4.39 Å². The molecule has 0 saturated carbocycles. The summed E-state index contributed by atoms with van der Waals surface area (Å²) in [6, 6.07) is 6.15. The SMILES string of the molecule is CCC(C)NCc1ccc(N2CCCC(C)C2)c(F)c1. The molecule has 0 aromatic heterocycles. The summed E-state index contributed by atoms with van der Waals surface area (Å²) < 4.78 is 14.3. The second-order valence-corrected chi connectivity index (χ2v) is 6.17. The van der Waals surface area contributed by atoms with Gasteiger partial charge in [0, 0.05) is 25.7 Å². The van der Waals surface area contributed by atoms with Crippen LogP contribution in [0.5, 0.6) is 0 Å². The van der Waals surface area contributed by atoms with Crippen LogP contribution >= 0.6 is 0 Å². The van der Waals surface area contributed by atoms with Crippen molar-refractivity contribution in [1.29, 1.82) is 0 Å². The van der Waals surface area contributed by atoms with E-state index in [1.54, 1.807) is 6.07 Å². The summed E-state index contributed by atoms with van der Waals surface area (Å²) in [6.45, 7) is 9.24. The molecule has 0 aliphatic carbocycles. The third-order valence-corrected chi connectivity index (χ3v) is 4.28. The molecule has 1 N–H and O–H groups in total. The van der Waals surface area contributed by atoms with Crippen molar-refractivity contribution in [3.8, 4) is 0 Å². The Morgan fingerprint density at radius 1 is 1.45 bits per heavy atom. The second-order valence-electron chi connectivity index (χ2n) is 6.17. The predicted octanol–water partition coefficient (Wildman–Crippen LogP) is 3.95. The van der Waals surface area contributed by atoms with Crippen molar-refractivity contribution >= 4 is 5.69 Å². The molecule has 0 spiro atoms. The van der Waals surface area contributed by atoms with Gasteiger partial charge in [-0.25, -0.2) is 4.39 Å². The van der Waals surface area contributed by atoms with Crippen LogP contribution < -0.4 is 10.2 Å². The molecule has 0 bridgehead atoms. The van der Waals surface area contributed by atoms with E-state index >= 15 is 0 Å². The van der Waals surface area contributed by atoms with Gasteiger partial charge in [-0.15, -0.1) is 0 Å². The minimum Gasteiger partial charge on any atom is -0.369 e. The lowest BCUT2D eigenvalue weighted by molar-refractivity contribution is 0.442. The molecular formula is C17H27FN2. The average Bonchev–Trinajstić information content (AvgIpc) is 2.44. The zero-order chi connectivity index (χ0) is 14.5. The Labute approximate surface area is 122 Å². The molecule has 1 saturated heterocycles. The Balaban J connectivity index is 2.01. The molecule has 3 heteroatoms. The molecule has 112 valence electrons. The highest BCUT2D eigenvalue weighted by Crippen LogP contribution is 2.26. The first kappa shape index (κ1) is 15.3. The highest BCUT2D eigenvalue weighted by Gasteiger charge is 2.19. The van der Waals surface area contributed by atoms with Crippen LogP contribution in [-0.4, -0.2) is 19.1 Å². The van der Waals surface area contributed by atoms with E-state index in [1.165, 1.54) is 6.42 Å². The number of piperidine rings is 1. The van der Waals surface area contributed by atoms with Crippen molar-refractivity contribution in [2.45, 2.75) is 52.6 Å². The van der Waals surface area contributed by atoms with Gasteiger partial charge >= 0.3 is 0 Å². The van der Waals surface area contributed by atoms with E-state index < -0.39 is 0 Å². The topological polar surface area (TPSA) is 15.3 Å². The molecule has 1 aromatic carbocycles. The highest BCUT2D eigenvalue weighted by molar-refractivity contribution is 5.49. The van der Waals surface area contributed by atoms with Gasteiger partial charge in [-0.2, -0.15) is 0 Å².